The smallest absolute Gasteiger partial charge is 0.315 e. The molecule has 1 fully saturated rings. The monoisotopic (exact) mass is 394 g/mol. The van der Waals surface area contributed by atoms with Crippen LogP contribution >= 0.6 is 0 Å². The number of carbonyl (C=O) groups is 1. The molecular formula is C24H30N2O3. The van der Waals surface area contributed by atoms with Crippen molar-refractivity contribution >= 4 is 6.03 Å². The maximum absolute atomic E-state index is 12.5. The Kier molecular flexibility index (Phi) is 6.05. The third-order valence-corrected chi connectivity index (χ3v) is 6.07. The van der Waals surface area contributed by atoms with Crippen LogP contribution in [-0.4, -0.2) is 31.9 Å². The largest absolute Gasteiger partial charge is 0.493 e. The number of hydrogen-bond donors (Lipinski definition) is 2. The molecule has 1 unspecified atom stereocenters. The van der Waals surface area contributed by atoms with Crippen molar-refractivity contribution < 1.29 is 14.3 Å². The Balaban J connectivity index is 1.32. The third kappa shape index (κ3) is 4.73. The van der Waals surface area contributed by atoms with Crippen LogP contribution in [0.4, 0.5) is 4.79 Å². The van der Waals surface area contributed by atoms with E-state index < -0.39 is 0 Å². The van der Waals surface area contributed by atoms with Gasteiger partial charge in [-0.05, 0) is 42.5 Å². The van der Waals surface area contributed by atoms with Crippen LogP contribution in [0.15, 0.2) is 42.5 Å². The molecule has 2 aliphatic rings. The van der Waals surface area contributed by atoms with Gasteiger partial charge in [-0.15, -0.1) is 0 Å². The summed E-state index contributed by atoms with van der Waals surface area (Å²) >= 11 is 0. The first kappa shape index (κ1) is 19.8. The summed E-state index contributed by atoms with van der Waals surface area (Å²) in [7, 11) is 0. The summed E-state index contributed by atoms with van der Waals surface area (Å²) in [5.74, 6) is 1.62. The van der Waals surface area contributed by atoms with Gasteiger partial charge in [0.2, 0.25) is 0 Å². The Morgan fingerprint density at radius 2 is 2.10 bits per heavy atom. The van der Waals surface area contributed by atoms with E-state index in [0.717, 1.165) is 42.9 Å². The maximum atomic E-state index is 12.5. The van der Waals surface area contributed by atoms with E-state index in [2.05, 4.69) is 54.8 Å². The molecule has 0 saturated carbocycles. The molecule has 1 saturated heterocycles. The Morgan fingerprint density at radius 3 is 2.90 bits per heavy atom. The molecule has 0 bridgehead atoms. The topological polar surface area (TPSA) is 59.6 Å². The number of urea groups is 1. The first-order chi connectivity index (χ1) is 14.1. The molecule has 0 radical (unpaired) electrons. The van der Waals surface area contributed by atoms with E-state index >= 15 is 0 Å². The molecule has 2 aromatic rings. The third-order valence-electron chi connectivity index (χ3n) is 6.07. The van der Waals surface area contributed by atoms with Gasteiger partial charge in [0.05, 0.1) is 13.2 Å². The molecule has 1 heterocycles. The molecule has 4 rings (SSSR count). The van der Waals surface area contributed by atoms with E-state index in [4.69, 9.17) is 9.47 Å². The predicted octanol–water partition coefficient (Wildman–Crippen LogP) is 3.94. The lowest BCUT2D eigenvalue weighted by Crippen LogP contribution is -2.43. The normalized spacial score (nSPS) is 22.9. The Hall–Kier alpha value is -2.53. The van der Waals surface area contributed by atoms with E-state index in [1.807, 2.05) is 12.1 Å². The zero-order valence-electron chi connectivity index (χ0n) is 17.2. The molecule has 1 aliphatic carbocycles. The van der Waals surface area contributed by atoms with Gasteiger partial charge in [-0.1, -0.05) is 43.3 Å². The quantitative estimate of drug-likeness (QED) is 0.780. The molecule has 1 aliphatic heterocycles. The Labute approximate surface area is 172 Å². The van der Waals surface area contributed by atoms with Crippen molar-refractivity contribution in [3.8, 4) is 5.75 Å². The van der Waals surface area contributed by atoms with Crippen LogP contribution in [0.2, 0.25) is 0 Å². The molecule has 5 heteroatoms. The zero-order valence-corrected chi connectivity index (χ0v) is 17.2. The number of amides is 2. The highest BCUT2D eigenvalue weighted by atomic mass is 16.5. The van der Waals surface area contributed by atoms with Crippen LogP contribution in [0.25, 0.3) is 0 Å². The fraction of sp³-hybridized carbons (Fsp3) is 0.458. The van der Waals surface area contributed by atoms with E-state index in [9.17, 15) is 4.79 Å². The molecular weight excluding hydrogens is 364 g/mol. The van der Waals surface area contributed by atoms with E-state index in [1.165, 1.54) is 11.1 Å². The molecule has 2 N–H and O–H groups in total. The average Bonchev–Trinajstić information content (AvgIpc) is 3.34. The second kappa shape index (κ2) is 8.87. The van der Waals surface area contributed by atoms with Crippen LogP contribution < -0.4 is 15.4 Å². The summed E-state index contributed by atoms with van der Waals surface area (Å²) in [6.07, 6.45) is 1.93. The molecule has 29 heavy (non-hydrogen) atoms. The van der Waals surface area contributed by atoms with Gasteiger partial charge in [0, 0.05) is 36.6 Å². The summed E-state index contributed by atoms with van der Waals surface area (Å²) in [6.45, 7) is 6.91. The summed E-state index contributed by atoms with van der Waals surface area (Å²) < 4.78 is 11.5. The van der Waals surface area contributed by atoms with Crippen molar-refractivity contribution in [2.24, 2.45) is 5.92 Å². The lowest BCUT2D eigenvalue weighted by Gasteiger charge is -2.19. The van der Waals surface area contributed by atoms with Gasteiger partial charge in [-0.2, -0.15) is 0 Å². The van der Waals surface area contributed by atoms with Crippen molar-refractivity contribution in [1.82, 2.24) is 10.6 Å². The number of fused-ring (bicyclic) bond motifs is 1. The van der Waals surface area contributed by atoms with Crippen LogP contribution in [0.1, 0.15) is 41.5 Å². The van der Waals surface area contributed by atoms with E-state index in [-0.39, 0.29) is 12.1 Å². The molecule has 0 spiro atoms. The van der Waals surface area contributed by atoms with Crippen LogP contribution in [0.3, 0.4) is 0 Å². The minimum atomic E-state index is -0.134. The summed E-state index contributed by atoms with van der Waals surface area (Å²) in [4.78, 5) is 12.5. The molecule has 2 aromatic carbocycles. The van der Waals surface area contributed by atoms with Crippen LogP contribution in [0, 0.1) is 12.8 Å². The number of rotatable bonds is 6. The van der Waals surface area contributed by atoms with Gasteiger partial charge in [0.25, 0.3) is 0 Å². The van der Waals surface area contributed by atoms with Gasteiger partial charge in [0.1, 0.15) is 5.75 Å². The first-order valence-electron chi connectivity index (χ1n) is 10.5. The number of carbonyl (C=O) groups excluding carboxylic acids is 1. The van der Waals surface area contributed by atoms with Gasteiger partial charge in [-0.25, -0.2) is 4.79 Å². The van der Waals surface area contributed by atoms with E-state index in [0.29, 0.717) is 25.0 Å². The molecule has 2 amide bonds. The summed E-state index contributed by atoms with van der Waals surface area (Å²) in [5.41, 5.74) is 4.80. The number of nitrogens with one attached hydrogen (secondary N) is 2. The van der Waals surface area contributed by atoms with Crippen molar-refractivity contribution in [2.75, 3.05) is 19.8 Å². The number of aryl methyl sites for hydroxylation is 1. The average molecular weight is 395 g/mol. The minimum absolute atomic E-state index is 0.128. The van der Waals surface area contributed by atoms with Crippen molar-refractivity contribution in [3.05, 3.63) is 64.7 Å². The second-order valence-corrected chi connectivity index (χ2v) is 8.28. The molecule has 5 nitrogen and oxygen atoms in total. The number of hydrogen-bond acceptors (Lipinski definition) is 3. The van der Waals surface area contributed by atoms with Gasteiger partial charge >= 0.3 is 6.03 Å². The lowest BCUT2D eigenvalue weighted by molar-refractivity contribution is 0.166. The zero-order chi connectivity index (χ0) is 20.2. The highest BCUT2D eigenvalue weighted by Gasteiger charge is 2.29. The lowest BCUT2D eigenvalue weighted by atomic mass is 10.0. The Morgan fingerprint density at radius 1 is 1.24 bits per heavy atom. The molecule has 3 atom stereocenters. The fourth-order valence-electron chi connectivity index (χ4n) is 4.23. The highest BCUT2D eigenvalue weighted by molar-refractivity contribution is 5.74. The summed E-state index contributed by atoms with van der Waals surface area (Å²) in [5, 5.41) is 6.15. The minimum Gasteiger partial charge on any atom is -0.493 e. The van der Waals surface area contributed by atoms with Gasteiger partial charge < -0.3 is 20.1 Å². The summed E-state index contributed by atoms with van der Waals surface area (Å²) in [6, 6.07) is 14.6. The Bertz CT molecular complexity index is 861. The second-order valence-electron chi connectivity index (χ2n) is 8.28. The van der Waals surface area contributed by atoms with Crippen molar-refractivity contribution in [3.63, 3.8) is 0 Å². The van der Waals surface area contributed by atoms with Gasteiger partial charge in [0.15, 0.2) is 0 Å². The first-order valence-corrected chi connectivity index (χ1v) is 10.5. The molecule has 0 aromatic heterocycles. The van der Waals surface area contributed by atoms with Crippen LogP contribution in [-0.2, 0) is 17.7 Å². The number of benzene rings is 2. The van der Waals surface area contributed by atoms with Crippen molar-refractivity contribution in [2.45, 2.75) is 45.2 Å². The van der Waals surface area contributed by atoms with Gasteiger partial charge in [-0.3, -0.25) is 0 Å². The maximum Gasteiger partial charge on any atom is 0.315 e. The fourth-order valence-corrected chi connectivity index (χ4v) is 4.23. The highest BCUT2D eigenvalue weighted by Crippen LogP contribution is 2.32. The molecule has 154 valence electrons. The van der Waals surface area contributed by atoms with E-state index in [1.54, 1.807) is 0 Å². The number of ether oxygens (including phenoxy) is 2. The van der Waals surface area contributed by atoms with Crippen molar-refractivity contribution in [1.29, 1.82) is 0 Å². The standard InChI is InChI=1S/C24H30N2O3/c1-16-7-8-20(23(11-16)29-15-18-9-10-28-14-18)13-25-24(27)26-22-12-19-5-3-4-6-21(19)17(22)2/h3-8,11,17-18,22H,9-10,12-15H2,1-2H3,(H2,25,26,27)/t17-,18?,22+/m0/s1. The van der Waals surface area contributed by atoms with Crippen LogP contribution in [0.5, 0.6) is 5.75 Å². The predicted molar refractivity (Wildman–Crippen MR) is 113 cm³/mol. The SMILES string of the molecule is Cc1ccc(CNC(=O)N[C@@H]2Cc3ccccc3[C@@H]2C)c(OCC2CCOC2)c1.